The molecule has 2 aliphatic heterocycles. The Balaban J connectivity index is 1.86. The molecule has 2 heterocycles. The largest absolute Gasteiger partial charge is 0.393 e. The smallest absolute Gasteiger partial charge is 0.242 e. The van der Waals surface area contributed by atoms with E-state index in [0.717, 1.165) is 12.8 Å². The van der Waals surface area contributed by atoms with Gasteiger partial charge in [0.15, 0.2) is 0 Å². The van der Waals surface area contributed by atoms with Gasteiger partial charge in [0.2, 0.25) is 11.8 Å². The molecule has 2 fully saturated rings. The molecule has 0 radical (unpaired) electrons. The van der Waals surface area contributed by atoms with E-state index in [1.54, 1.807) is 0 Å². The number of nitrogens with one attached hydrogen (secondary N) is 1. The molecule has 0 saturated carbocycles. The Kier molecular flexibility index (Phi) is 4.65. The van der Waals surface area contributed by atoms with Crippen LogP contribution in [-0.4, -0.2) is 52.6 Å². The molecule has 2 bridgehead atoms. The first-order valence-electron chi connectivity index (χ1n) is 7.42. The predicted octanol–water partition coefficient (Wildman–Crippen LogP) is -0.400. The number of nitrogens with two attached hydrogens (primary N) is 1. The number of hydrogen-bond donors (Lipinski definition) is 3. The summed E-state index contributed by atoms with van der Waals surface area (Å²) in [5.41, 5.74) is 5.74. The number of hydrogen-bond acceptors (Lipinski definition) is 4. The van der Waals surface area contributed by atoms with Crippen molar-refractivity contribution in [2.24, 2.45) is 11.7 Å². The van der Waals surface area contributed by atoms with E-state index in [1.807, 2.05) is 18.7 Å². The van der Waals surface area contributed by atoms with Crippen molar-refractivity contribution < 1.29 is 14.7 Å². The fourth-order valence-corrected chi connectivity index (χ4v) is 3.23. The molecular formula is C14H25N3O3. The van der Waals surface area contributed by atoms with Gasteiger partial charge in [0, 0.05) is 12.1 Å². The number of fused-ring (bicyclic) bond motifs is 2. The number of amides is 2. The van der Waals surface area contributed by atoms with Crippen molar-refractivity contribution in [3.63, 3.8) is 0 Å². The van der Waals surface area contributed by atoms with Crippen LogP contribution >= 0.6 is 0 Å². The number of piperidine rings is 1. The topological polar surface area (TPSA) is 95.7 Å². The number of rotatable bonds is 4. The highest BCUT2D eigenvalue weighted by atomic mass is 16.3. The van der Waals surface area contributed by atoms with E-state index >= 15 is 0 Å². The molecular weight excluding hydrogens is 258 g/mol. The van der Waals surface area contributed by atoms with E-state index in [4.69, 9.17) is 5.73 Å². The van der Waals surface area contributed by atoms with Gasteiger partial charge in [-0.1, -0.05) is 13.8 Å². The summed E-state index contributed by atoms with van der Waals surface area (Å²) in [4.78, 5) is 25.9. The molecule has 0 aliphatic carbocycles. The summed E-state index contributed by atoms with van der Waals surface area (Å²) in [6.45, 7) is 3.75. The van der Waals surface area contributed by atoms with Crippen LogP contribution in [0, 0.1) is 5.92 Å². The highest BCUT2D eigenvalue weighted by Crippen LogP contribution is 2.35. The monoisotopic (exact) mass is 283 g/mol. The van der Waals surface area contributed by atoms with E-state index < -0.39 is 6.04 Å². The number of carbonyl (C=O) groups excluding carboxylic acids is 2. The number of aliphatic hydroxyl groups is 1. The average molecular weight is 283 g/mol. The zero-order valence-corrected chi connectivity index (χ0v) is 12.2. The van der Waals surface area contributed by atoms with Crippen LogP contribution in [0.5, 0.6) is 0 Å². The quantitative estimate of drug-likeness (QED) is 0.654. The second-order valence-electron chi connectivity index (χ2n) is 6.30. The van der Waals surface area contributed by atoms with Crippen molar-refractivity contribution in [1.82, 2.24) is 10.2 Å². The zero-order valence-electron chi connectivity index (χ0n) is 12.2. The van der Waals surface area contributed by atoms with Crippen LogP contribution in [0.4, 0.5) is 0 Å². The Morgan fingerprint density at radius 3 is 2.35 bits per heavy atom. The lowest BCUT2D eigenvalue weighted by Crippen LogP contribution is -2.53. The van der Waals surface area contributed by atoms with Crippen LogP contribution in [0.3, 0.4) is 0 Å². The third kappa shape index (κ3) is 3.12. The Hall–Kier alpha value is -1.14. The first kappa shape index (κ1) is 15.3. The normalized spacial score (nSPS) is 30.4. The van der Waals surface area contributed by atoms with E-state index in [9.17, 15) is 14.7 Å². The lowest BCUT2D eigenvalue weighted by molar-refractivity contribution is -0.138. The zero-order chi connectivity index (χ0) is 14.9. The first-order chi connectivity index (χ1) is 9.40. The molecule has 2 unspecified atom stereocenters. The predicted molar refractivity (Wildman–Crippen MR) is 74.7 cm³/mol. The van der Waals surface area contributed by atoms with Crippen LogP contribution in [0.1, 0.15) is 39.5 Å². The summed E-state index contributed by atoms with van der Waals surface area (Å²) >= 11 is 0. The van der Waals surface area contributed by atoms with Crippen LogP contribution in [0.15, 0.2) is 0 Å². The van der Waals surface area contributed by atoms with Crippen molar-refractivity contribution in [2.45, 2.75) is 63.8 Å². The minimum Gasteiger partial charge on any atom is -0.393 e. The van der Waals surface area contributed by atoms with E-state index in [0.29, 0.717) is 12.8 Å². The summed E-state index contributed by atoms with van der Waals surface area (Å²) in [5.74, 6) is -0.294. The maximum Gasteiger partial charge on any atom is 0.242 e. The lowest BCUT2D eigenvalue weighted by atomic mass is 10.00. The fourth-order valence-electron chi connectivity index (χ4n) is 3.23. The second-order valence-corrected chi connectivity index (χ2v) is 6.30. The van der Waals surface area contributed by atoms with Crippen molar-refractivity contribution in [3.05, 3.63) is 0 Å². The van der Waals surface area contributed by atoms with Crippen LogP contribution in [0.25, 0.3) is 0 Å². The summed E-state index contributed by atoms with van der Waals surface area (Å²) in [6.07, 6.45) is 2.92. The van der Waals surface area contributed by atoms with Gasteiger partial charge in [-0.3, -0.25) is 9.59 Å². The van der Waals surface area contributed by atoms with Crippen molar-refractivity contribution >= 4 is 11.8 Å². The fraction of sp³-hybridized carbons (Fsp3) is 0.857. The Morgan fingerprint density at radius 1 is 1.30 bits per heavy atom. The summed E-state index contributed by atoms with van der Waals surface area (Å²) < 4.78 is 0. The Bertz CT molecular complexity index is 372. The van der Waals surface area contributed by atoms with Gasteiger partial charge < -0.3 is 21.1 Å². The minimum atomic E-state index is -0.581. The van der Waals surface area contributed by atoms with E-state index in [2.05, 4.69) is 5.32 Å². The van der Waals surface area contributed by atoms with Crippen LogP contribution in [0.2, 0.25) is 0 Å². The van der Waals surface area contributed by atoms with Gasteiger partial charge in [0.25, 0.3) is 0 Å². The van der Waals surface area contributed by atoms with Gasteiger partial charge in [0.1, 0.15) is 0 Å². The standard InChI is InChI=1S/C14H25N3O3/c1-8(2)13(15)14(20)16-7-12(19)17-9-3-4-10(17)6-11(18)5-9/h8-11,13,18H,3-7,15H2,1-2H3,(H,16,20)/t9?,10?,11?,13-/m0/s1. The van der Waals surface area contributed by atoms with Gasteiger partial charge in [-0.15, -0.1) is 0 Å². The van der Waals surface area contributed by atoms with Gasteiger partial charge in [-0.05, 0) is 31.6 Å². The molecule has 2 rings (SSSR count). The molecule has 2 amide bonds. The Morgan fingerprint density at radius 2 is 1.85 bits per heavy atom. The molecule has 20 heavy (non-hydrogen) atoms. The lowest BCUT2D eigenvalue weighted by Gasteiger charge is -2.37. The molecule has 2 aliphatic rings. The second kappa shape index (κ2) is 6.10. The SMILES string of the molecule is CC(C)[C@H](N)C(=O)NCC(=O)N1C2CCC1CC(O)C2. The third-order valence-electron chi connectivity index (χ3n) is 4.43. The minimum absolute atomic E-state index is 0.00233. The number of nitrogens with zero attached hydrogens (tertiary/aromatic N) is 1. The van der Waals surface area contributed by atoms with E-state index in [-0.39, 0.29) is 42.5 Å². The third-order valence-corrected chi connectivity index (χ3v) is 4.43. The number of aliphatic hydroxyl groups excluding tert-OH is 1. The summed E-state index contributed by atoms with van der Waals surface area (Å²) in [6, 6.07) is -0.318. The highest BCUT2D eigenvalue weighted by molar-refractivity contribution is 5.87. The number of carbonyl (C=O) groups is 2. The maximum atomic E-state index is 12.3. The molecule has 2 saturated heterocycles. The molecule has 0 spiro atoms. The van der Waals surface area contributed by atoms with Gasteiger partial charge in [-0.2, -0.15) is 0 Å². The average Bonchev–Trinajstić information content (AvgIpc) is 2.67. The van der Waals surface area contributed by atoms with E-state index in [1.165, 1.54) is 0 Å². The first-order valence-corrected chi connectivity index (χ1v) is 7.42. The van der Waals surface area contributed by atoms with Gasteiger partial charge in [-0.25, -0.2) is 0 Å². The van der Waals surface area contributed by atoms with Crippen molar-refractivity contribution in [2.75, 3.05) is 6.54 Å². The molecule has 0 aromatic heterocycles. The molecule has 0 aromatic rings. The summed E-state index contributed by atoms with van der Waals surface area (Å²) in [7, 11) is 0. The molecule has 6 nitrogen and oxygen atoms in total. The molecule has 0 aromatic carbocycles. The van der Waals surface area contributed by atoms with Crippen LogP contribution < -0.4 is 11.1 Å². The molecule has 4 N–H and O–H groups in total. The molecule has 114 valence electrons. The van der Waals surface area contributed by atoms with Gasteiger partial charge in [0.05, 0.1) is 18.7 Å². The molecule has 6 heteroatoms. The summed E-state index contributed by atoms with van der Waals surface area (Å²) in [5, 5.41) is 12.3. The van der Waals surface area contributed by atoms with Crippen molar-refractivity contribution in [1.29, 1.82) is 0 Å². The molecule has 3 atom stereocenters. The Labute approximate surface area is 119 Å². The van der Waals surface area contributed by atoms with Crippen molar-refractivity contribution in [3.8, 4) is 0 Å². The maximum absolute atomic E-state index is 12.3. The van der Waals surface area contributed by atoms with Gasteiger partial charge >= 0.3 is 0 Å². The highest BCUT2D eigenvalue weighted by Gasteiger charge is 2.42. The van der Waals surface area contributed by atoms with Crippen LogP contribution in [-0.2, 0) is 9.59 Å².